The van der Waals surface area contributed by atoms with Crippen LogP contribution in [0.1, 0.15) is 87.7 Å². The minimum absolute atomic E-state index is 0.000759. The molecule has 0 spiro atoms. The van der Waals surface area contributed by atoms with Gasteiger partial charge in [0.2, 0.25) is 5.56 Å². The molecule has 1 aliphatic carbocycles. The number of ether oxygens (including phenoxy) is 2. The first-order valence-corrected chi connectivity index (χ1v) is 27.7. The predicted molar refractivity (Wildman–Crippen MR) is 285 cm³/mol. The summed E-state index contributed by atoms with van der Waals surface area (Å²) >= 11 is 0. The highest BCUT2D eigenvalue weighted by molar-refractivity contribution is 6.74. The van der Waals surface area contributed by atoms with Crippen LogP contribution >= 0.6 is 0 Å². The van der Waals surface area contributed by atoms with Crippen LogP contribution in [0.25, 0.3) is 39.2 Å². The number of phenolic OH excluding ortho intramolecular Hbond substituents is 1. The minimum atomic E-state index is -2.27. The van der Waals surface area contributed by atoms with E-state index in [-0.39, 0.29) is 41.2 Å². The topological polar surface area (TPSA) is 186 Å². The van der Waals surface area contributed by atoms with Crippen LogP contribution in [0.15, 0.2) is 141 Å². The number of aromatic nitrogens is 2. The van der Waals surface area contributed by atoms with Crippen molar-refractivity contribution in [1.82, 2.24) is 20.2 Å². The number of hydrogen-bond donors (Lipinski definition) is 5. The Morgan fingerprint density at radius 3 is 2.38 bits per heavy atom. The van der Waals surface area contributed by atoms with Gasteiger partial charge in [-0.05, 0) is 115 Å². The number of H-pyrrole nitrogens is 1. The van der Waals surface area contributed by atoms with Crippen molar-refractivity contribution in [2.45, 2.75) is 115 Å². The summed E-state index contributed by atoms with van der Waals surface area (Å²) in [6.07, 6.45) is 6.39. The molecule has 5 aromatic carbocycles. The third kappa shape index (κ3) is 13.0. The fourth-order valence-corrected chi connectivity index (χ4v) is 10.1. The quantitative estimate of drug-likeness (QED) is 0.0409. The number of alkyl carbamates (subject to hydrolysis) is 1. The van der Waals surface area contributed by atoms with Crippen LogP contribution < -0.4 is 27.3 Å². The van der Waals surface area contributed by atoms with Gasteiger partial charge in [-0.3, -0.25) is 14.7 Å². The Balaban J connectivity index is 0.849. The minimum Gasteiger partial charge on any atom is -0.506 e. The third-order valence-electron chi connectivity index (χ3n) is 13.8. The van der Waals surface area contributed by atoms with Crippen molar-refractivity contribution in [3.8, 4) is 16.9 Å². The van der Waals surface area contributed by atoms with Gasteiger partial charge < -0.3 is 39.0 Å². The first-order chi connectivity index (χ1) is 34.6. The summed E-state index contributed by atoms with van der Waals surface area (Å²) in [5.41, 5.74) is 7.38. The number of nitrogens with zero attached hydrogens (tertiary/aromatic N) is 1. The molecule has 0 bridgehead atoms. The SMILES string of the molecule is CC(C)(C)[Si](C)(C)O[C@@H](CNCc1ccc2c(c1)oc(=O)n2CCCC=Cc1ccc(-c2ccccc2)c(NC(=O)OC2CCC(NC(=O)OCc3ccccc3)CC2)c1)c1ccc(O)c2[nH]c(=O)ccc12. The Hall–Kier alpha value is -7.20. The Morgan fingerprint density at radius 2 is 1.62 bits per heavy atom. The first kappa shape index (κ1) is 51.2. The maximum Gasteiger partial charge on any atom is 0.419 e. The number of aromatic hydroxyl groups is 1. The molecule has 376 valence electrons. The molecule has 1 atom stereocenters. The number of amides is 2. The summed E-state index contributed by atoms with van der Waals surface area (Å²) in [7, 11) is -2.27. The van der Waals surface area contributed by atoms with Crippen LogP contribution in [0.2, 0.25) is 18.1 Å². The van der Waals surface area contributed by atoms with Gasteiger partial charge in [-0.15, -0.1) is 0 Å². The number of aryl methyl sites for hydroxylation is 1. The molecule has 8 rings (SSSR count). The number of benzene rings is 5. The number of nitrogens with one attached hydrogen (secondary N) is 4. The van der Waals surface area contributed by atoms with Crippen molar-refractivity contribution in [1.29, 1.82) is 0 Å². The lowest BCUT2D eigenvalue weighted by molar-refractivity contribution is 0.0761. The number of carbonyl (C=O) groups excluding carboxylic acids is 2. The van der Waals surface area contributed by atoms with Crippen LogP contribution in [-0.4, -0.2) is 53.9 Å². The van der Waals surface area contributed by atoms with E-state index in [1.54, 1.807) is 16.7 Å². The van der Waals surface area contributed by atoms with Gasteiger partial charge in [-0.1, -0.05) is 118 Å². The van der Waals surface area contributed by atoms with Gasteiger partial charge in [0.25, 0.3) is 0 Å². The fourth-order valence-electron chi connectivity index (χ4n) is 8.84. The zero-order valence-electron chi connectivity index (χ0n) is 41.7. The zero-order valence-corrected chi connectivity index (χ0v) is 42.7. The summed E-state index contributed by atoms with van der Waals surface area (Å²) < 4.78 is 25.6. The number of allylic oxidation sites excluding steroid dienone is 1. The number of hydrogen-bond acceptors (Lipinski definition) is 10. The van der Waals surface area contributed by atoms with Crippen LogP contribution in [-0.2, 0) is 33.6 Å². The first-order valence-electron chi connectivity index (χ1n) is 24.8. The molecule has 1 aliphatic rings. The standard InChI is InChI=1S/C57H65N5O9Si/c1-57(2,3)72(4,5)71-51(45-27-30-49(63)53-46(45)28-31-52(64)61-53)36-58-35-40-21-29-48-50(34-40)70-56(67)62(48)32-14-8-11-15-38-20-26-44(41-18-12-7-13-19-41)47(33-38)60-55(66)69-43-24-22-42(23-25-43)59-54(65)68-37-39-16-9-6-10-17-39/h6-7,9-13,15-21,26-31,33-34,42-43,51,58,63H,8,14,22-25,32,35-37H2,1-5H3,(H,59,65)(H,60,66)(H,61,64)/t42?,43?,51-/m0/s1. The average molecular weight is 992 g/mol. The number of anilines is 1. The molecule has 0 saturated heterocycles. The third-order valence-corrected chi connectivity index (χ3v) is 18.3. The average Bonchev–Trinajstić information content (AvgIpc) is 3.67. The highest BCUT2D eigenvalue weighted by Crippen LogP contribution is 2.41. The number of fused-ring (bicyclic) bond motifs is 2. The molecular weight excluding hydrogens is 927 g/mol. The lowest BCUT2D eigenvalue weighted by Gasteiger charge is -2.39. The smallest absolute Gasteiger partial charge is 0.419 e. The largest absolute Gasteiger partial charge is 0.506 e. The maximum atomic E-state index is 13.3. The molecule has 2 aromatic heterocycles. The summed E-state index contributed by atoms with van der Waals surface area (Å²) in [6.45, 7) is 12.6. The monoisotopic (exact) mass is 991 g/mol. The van der Waals surface area contributed by atoms with Crippen molar-refractivity contribution in [3.05, 3.63) is 171 Å². The molecule has 0 aliphatic heterocycles. The molecular formula is C57H65N5O9Si. The van der Waals surface area contributed by atoms with Crippen LogP contribution in [0.4, 0.5) is 15.3 Å². The van der Waals surface area contributed by atoms with Gasteiger partial charge in [0, 0.05) is 42.7 Å². The van der Waals surface area contributed by atoms with Gasteiger partial charge in [-0.25, -0.2) is 14.4 Å². The Bertz CT molecular complexity index is 3130. The zero-order chi connectivity index (χ0) is 50.8. The highest BCUT2D eigenvalue weighted by Gasteiger charge is 2.40. The predicted octanol–water partition coefficient (Wildman–Crippen LogP) is 11.9. The van der Waals surface area contributed by atoms with E-state index in [4.69, 9.17) is 18.3 Å². The number of carbonyl (C=O) groups is 2. The van der Waals surface area contributed by atoms with E-state index in [0.717, 1.165) is 44.3 Å². The molecule has 0 radical (unpaired) electrons. The molecule has 2 amide bonds. The molecule has 0 unspecified atom stereocenters. The van der Waals surface area contributed by atoms with E-state index >= 15 is 0 Å². The van der Waals surface area contributed by atoms with E-state index in [0.29, 0.717) is 74.9 Å². The summed E-state index contributed by atoms with van der Waals surface area (Å²) in [4.78, 5) is 53.8. The second kappa shape index (κ2) is 22.9. The maximum absolute atomic E-state index is 13.3. The number of aromatic amines is 1. The van der Waals surface area contributed by atoms with Crippen molar-refractivity contribution in [3.63, 3.8) is 0 Å². The van der Waals surface area contributed by atoms with Gasteiger partial charge >= 0.3 is 17.9 Å². The Labute approximate surface area is 420 Å². The van der Waals surface area contributed by atoms with E-state index in [2.05, 4.69) is 60.9 Å². The summed E-state index contributed by atoms with van der Waals surface area (Å²) in [6, 6.07) is 37.7. The normalized spacial score (nSPS) is 15.7. The molecule has 1 saturated carbocycles. The Morgan fingerprint density at radius 1 is 0.875 bits per heavy atom. The summed E-state index contributed by atoms with van der Waals surface area (Å²) in [5.74, 6) is -0.414. The van der Waals surface area contributed by atoms with E-state index in [1.807, 2.05) is 109 Å². The second-order valence-corrected chi connectivity index (χ2v) is 24.8. The highest BCUT2D eigenvalue weighted by atomic mass is 28.4. The number of unbranched alkanes of at least 4 members (excludes halogenated alkanes) is 1. The van der Waals surface area contributed by atoms with Crippen molar-refractivity contribution < 1.29 is 33.0 Å². The molecule has 72 heavy (non-hydrogen) atoms. The number of pyridine rings is 1. The number of rotatable bonds is 18. The molecule has 1 fully saturated rings. The van der Waals surface area contributed by atoms with E-state index in [9.17, 15) is 24.3 Å². The molecule has 14 nitrogen and oxygen atoms in total. The molecule has 7 aromatic rings. The van der Waals surface area contributed by atoms with Gasteiger partial charge in [0.05, 0.1) is 22.8 Å². The molecule has 15 heteroatoms. The van der Waals surface area contributed by atoms with Crippen LogP contribution in [0, 0.1) is 0 Å². The molecule has 2 heterocycles. The van der Waals surface area contributed by atoms with Gasteiger partial charge in [0.1, 0.15) is 18.5 Å². The second-order valence-electron chi connectivity index (χ2n) is 20.0. The number of phenols is 1. The van der Waals surface area contributed by atoms with Crippen molar-refractivity contribution in [2.24, 2.45) is 0 Å². The summed E-state index contributed by atoms with van der Waals surface area (Å²) in [5, 5.41) is 20.8. The van der Waals surface area contributed by atoms with Gasteiger partial charge in [-0.2, -0.15) is 0 Å². The lowest BCUT2D eigenvalue weighted by atomic mass is 9.93. The molecule has 5 N–H and O–H groups in total. The van der Waals surface area contributed by atoms with Crippen LogP contribution in [0.3, 0.4) is 0 Å². The van der Waals surface area contributed by atoms with E-state index in [1.165, 1.54) is 6.07 Å². The van der Waals surface area contributed by atoms with Crippen molar-refractivity contribution >= 4 is 54.3 Å². The van der Waals surface area contributed by atoms with Gasteiger partial charge in [0.15, 0.2) is 13.9 Å². The van der Waals surface area contributed by atoms with E-state index < -0.39 is 26.3 Å². The van der Waals surface area contributed by atoms with Crippen molar-refractivity contribution in [2.75, 3.05) is 11.9 Å². The fraction of sp³-hybridized carbons (Fsp3) is 0.333. The number of oxazole rings is 1. The van der Waals surface area contributed by atoms with Crippen LogP contribution in [0.5, 0.6) is 5.75 Å². The Kier molecular flexibility index (Phi) is 16.3. The lowest BCUT2D eigenvalue weighted by Crippen LogP contribution is -2.43.